The van der Waals surface area contributed by atoms with Crippen LogP contribution in [-0.4, -0.2) is 28.7 Å². The predicted molar refractivity (Wildman–Crippen MR) is 96.3 cm³/mol. The van der Waals surface area contributed by atoms with Crippen molar-refractivity contribution in [3.05, 3.63) is 41.5 Å². The van der Waals surface area contributed by atoms with Crippen LogP contribution in [0.5, 0.6) is 11.5 Å². The van der Waals surface area contributed by atoms with Crippen LogP contribution in [0.4, 0.5) is 5.82 Å². The van der Waals surface area contributed by atoms with E-state index in [2.05, 4.69) is 35.2 Å². The Morgan fingerprint density at radius 1 is 1.29 bits per heavy atom. The molecule has 124 valence electrons. The fourth-order valence-corrected chi connectivity index (χ4v) is 3.70. The van der Waals surface area contributed by atoms with Crippen molar-refractivity contribution in [1.29, 1.82) is 0 Å². The van der Waals surface area contributed by atoms with Gasteiger partial charge in [0.1, 0.15) is 29.2 Å². The molecule has 1 aliphatic heterocycles. The van der Waals surface area contributed by atoms with E-state index in [-0.39, 0.29) is 5.60 Å². The Balaban J connectivity index is 1.39. The number of nitrogens with one attached hydrogen (secondary N) is 1. The quantitative estimate of drug-likeness (QED) is 0.713. The summed E-state index contributed by atoms with van der Waals surface area (Å²) in [5, 5.41) is 6.39. The van der Waals surface area contributed by atoms with Gasteiger partial charge in [0.15, 0.2) is 11.5 Å². The topological polar surface area (TPSA) is 56.3 Å². The van der Waals surface area contributed by atoms with Crippen molar-refractivity contribution in [3.63, 3.8) is 0 Å². The van der Waals surface area contributed by atoms with E-state index in [4.69, 9.17) is 9.47 Å². The molecule has 0 amide bonds. The molecule has 24 heavy (non-hydrogen) atoms. The third-order valence-electron chi connectivity index (χ3n) is 3.97. The largest absolute Gasteiger partial charge is 0.488 e. The van der Waals surface area contributed by atoms with Crippen LogP contribution in [0.1, 0.15) is 19.4 Å². The molecule has 5 nitrogen and oxygen atoms in total. The maximum Gasteiger partial charge on any atom is 0.165 e. The lowest BCUT2D eigenvalue weighted by atomic mass is 10.0. The lowest BCUT2D eigenvalue weighted by molar-refractivity contribution is 0.132. The van der Waals surface area contributed by atoms with Crippen molar-refractivity contribution in [2.24, 2.45) is 0 Å². The van der Waals surface area contributed by atoms with Crippen molar-refractivity contribution in [2.45, 2.75) is 25.9 Å². The summed E-state index contributed by atoms with van der Waals surface area (Å²) in [6, 6.07) is 8.11. The second-order valence-corrected chi connectivity index (χ2v) is 7.31. The number of para-hydroxylation sites is 1. The van der Waals surface area contributed by atoms with E-state index >= 15 is 0 Å². The average Bonchev–Trinajstić information content (AvgIpc) is 3.14. The Morgan fingerprint density at radius 2 is 2.21 bits per heavy atom. The number of hydrogen-bond donors (Lipinski definition) is 1. The fraction of sp³-hybridized carbons (Fsp3) is 0.333. The second kappa shape index (κ2) is 5.94. The van der Waals surface area contributed by atoms with Gasteiger partial charge < -0.3 is 14.8 Å². The van der Waals surface area contributed by atoms with Crippen LogP contribution < -0.4 is 14.8 Å². The average molecular weight is 341 g/mol. The van der Waals surface area contributed by atoms with Crippen LogP contribution in [0, 0.1) is 0 Å². The minimum absolute atomic E-state index is 0.161. The summed E-state index contributed by atoms with van der Waals surface area (Å²) in [7, 11) is 0. The van der Waals surface area contributed by atoms with E-state index in [1.807, 2.05) is 23.6 Å². The zero-order valence-electron chi connectivity index (χ0n) is 13.7. The number of anilines is 1. The van der Waals surface area contributed by atoms with Gasteiger partial charge in [0.2, 0.25) is 0 Å². The molecule has 0 bridgehead atoms. The van der Waals surface area contributed by atoms with Gasteiger partial charge in [-0.2, -0.15) is 0 Å². The van der Waals surface area contributed by atoms with E-state index in [0.29, 0.717) is 13.2 Å². The summed E-state index contributed by atoms with van der Waals surface area (Å²) in [6.45, 7) is 5.39. The molecule has 3 heterocycles. The molecular weight excluding hydrogens is 322 g/mol. The van der Waals surface area contributed by atoms with E-state index in [9.17, 15) is 0 Å². The number of nitrogens with zero attached hydrogens (tertiary/aromatic N) is 2. The molecule has 0 unspecified atom stereocenters. The van der Waals surface area contributed by atoms with E-state index in [0.717, 1.165) is 34.0 Å². The van der Waals surface area contributed by atoms with Crippen LogP contribution in [0.25, 0.3) is 10.2 Å². The smallest absolute Gasteiger partial charge is 0.165 e. The van der Waals surface area contributed by atoms with Gasteiger partial charge >= 0.3 is 0 Å². The number of aromatic nitrogens is 2. The molecular formula is C18H19N3O2S. The molecule has 0 radical (unpaired) electrons. The van der Waals surface area contributed by atoms with Gasteiger partial charge in [0, 0.05) is 12.0 Å². The van der Waals surface area contributed by atoms with Gasteiger partial charge in [0.05, 0.1) is 11.9 Å². The molecule has 0 aliphatic carbocycles. The Kier molecular flexibility index (Phi) is 3.76. The molecule has 0 fully saturated rings. The standard InChI is InChI=1S/C18H19N3O2S/c1-18(2)10-12-4-3-5-14(15(12)23-18)22-8-7-19-16-13-6-9-24-17(13)21-11-20-16/h3-6,9,11H,7-8,10H2,1-2H3,(H,19,20,21). The van der Waals surface area contributed by atoms with Gasteiger partial charge in [-0.05, 0) is 31.4 Å². The first-order chi connectivity index (χ1) is 11.6. The van der Waals surface area contributed by atoms with Gasteiger partial charge in [-0.3, -0.25) is 0 Å². The SMILES string of the molecule is CC1(C)Cc2cccc(OCCNc3ncnc4sccc34)c2O1. The molecule has 1 aliphatic rings. The molecule has 0 atom stereocenters. The number of ether oxygens (including phenoxy) is 2. The van der Waals surface area contributed by atoms with Crippen molar-refractivity contribution in [2.75, 3.05) is 18.5 Å². The Hall–Kier alpha value is -2.34. The summed E-state index contributed by atoms with van der Waals surface area (Å²) in [5.74, 6) is 2.54. The summed E-state index contributed by atoms with van der Waals surface area (Å²) in [5.41, 5.74) is 1.05. The molecule has 0 spiro atoms. The molecule has 0 saturated carbocycles. The van der Waals surface area contributed by atoms with Crippen LogP contribution in [0.2, 0.25) is 0 Å². The zero-order valence-corrected chi connectivity index (χ0v) is 14.5. The molecule has 4 rings (SSSR count). The first kappa shape index (κ1) is 15.2. The summed E-state index contributed by atoms with van der Waals surface area (Å²) in [6.07, 6.45) is 2.50. The number of hydrogen-bond acceptors (Lipinski definition) is 6. The highest BCUT2D eigenvalue weighted by Gasteiger charge is 2.32. The number of benzene rings is 1. The maximum absolute atomic E-state index is 6.02. The van der Waals surface area contributed by atoms with Gasteiger partial charge in [-0.1, -0.05) is 12.1 Å². The van der Waals surface area contributed by atoms with Crippen molar-refractivity contribution >= 4 is 27.4 Å². The maximum atomic E-state index is 6.02. The molecule has 1 N–H and O–H groups in total. The molecule has 6 heteroatoms. The van der Waals surface area contributed by atoms with Crippen molar-refractivity contribution < 1.29 is 9.47 Å². The van der Waals surface area contributed by atoms with E-state index < -0.39 is 0 Å². The first-order valence-corrected chi connectivity index (χ1v) is 8.86. The molecule has 3 aromatic rings. The monoisotopic (exact) mass is 341 g/mol. The van der Waals surface area contributed by atoms with Gasteiger partial charge in [-0.15, -0.1) is 11.3 Å². The fourth-order valence-electron chi connectivity index (χ4n) is 2.96. The van der Waals surface area contributed by atoms with E-state index in [1.54, 1.807) is 17.7 Å². The summed E-state index contributed by atoms with van der Waals surface area (Å²) < 4.78 is 12.0. The Labute approximate surface area is 144 Å². The molecule has 1 aromatic carbocycles. The van der Waals surface area contributed by atoms with Crippen LogP contribution in [0.15, 0.2) is 36.0 Å². The minimum Gasteiger partial charge on any atom is -0.488 e. The van der Waals surface area contributed by atoms with Gasteiger partial charge in [0.25, 0.3) is 0 Å². The summed E-state index contributed by atoms with van der Waals surface area (Å²) in [4.78, 5) is 9.55. The van der Waals surface area contributed by atoms with Crippen molar-refractivity contribution in [3.8, 4) is 11.5 Å². The third-order valence-corrected chi connectivity index (χ3v) is 4.79. The second-order valence-electron chi connectivity index (χ2n) is 6.42. The Morgan fingerprint density at radius 3 is 3.12 bits per heavy atom. The predicted octanol–water partition coefficient (Wildman–Crippen LogP) is 3.90. The molecule has 0 saturated heterocycles. The van der Waals surface area contributed by atoms with Crippen LogP contribution in [0.3, 0.4) is 0 Å². The number of thiophene rings is 1. The Bertz CT molecular complexity index is 876. The van der Waals surface area contributed by atoms with Crippen LogP contribution in [-0.2, 0) is 6.42 Å². The lowest BCUT2D eigenvalue weighted by Crippen LogP contribution is -2.24. The van der Waals surface area contributed by atoms with Gasteiger partial charge in [-0.25, -0.2) is 9.97 Å². The molecule has 2 aromatic heterocycles. The highest BCUT2D eigenvalue weighted by atomic mass is 32.1. The van der Waals surface area contributed by atoms with Crippen molar-refractivity contribution in [1.82, 2.24) is 9.97 Å². The van der Waals surface area contributed by atoms with Crippen LogP contribution >= 0.6 is 11.3 Å². The third kappa shape index (κ3) is 2.89. The normalized spacial score (nSPS) is 15.1. The number of rotatable bonds is 5. The van der Waals surface area contributed by atoms with E-state index in [1.165, 1.54) is 5.56 Å². The first-order valence-electron chi connectivity index (χ1n) is 7.98. The summed E-state index contributed by atoms with van der Waals surface area (Å²) >= 11 is 1.61. The highest BCUT2D eigenvalue weighted by Crippen LogP contribution is 2.41. The number of fused-ring (bicyclic) bond motifs is 2. The highest BCUT2D eigenvalue weighted by molar-refractivity contribution is 7.16. The minimum atomic E-state index is -0.161. The lowest BCUT2D eigenvalue weighted by Gasteiger charge is -2.18. The zero-order chi connectivity index (χ0) is 16.6.